The van der Waals surface area contributed by atoms with Crippen LogP contribution in [0.3, 0.4) is 0 Å². The lowest BCUT2D eigenvalue weighted by molar-refractivity contribution is 0.0747. The monoisotopic (exact) mass is 672 g/mol. The SMILES string of the molecule is OC1(c2ccc(-c3ccccc3)cc2)c2ccc(Br)cc2C(O)(c2ccc(-c3ccccc3)cc2)c2ccc(Br)cc21. The van der Waals surface area contributed by atoms with Gasteiger partial charge in [0.25, 0.3) is 0 Å². The molecule has 0 fully saturated rings. The minimum Gasteiger partial charge on any atom is -0.376 e. The third-order valence-electron chi connectivity index (χ3n) is 8.34. The van der Waals surface area contributed by atoms with Crippen molar-refractivity contribution in [3.05, 3.63) is 188 Å². The zero-order valence-electron chi connectivity index (χ0n) is 22.5. The van der Waals surface area contributed by atoms with Gasteiger partial charge in [0.05, 0.1) is 0 Å². The Kier molecular flexibility index (Phi) is 6.75. The molecule has 0 heterocycles. The molecule has 1 aliphatic carbocycles. The fourth-order valence-electron chi connectivity index (χ4n) is 6.24. The molecule has 42 heavy (non-hydrogen) atoms. The molecule has 1 aliphatic rings. The van der Waals surface area contributed by atoms with Crippen LogP contribution in [0, 0.1) is 0 Å². The Morgan fingerprint density at radius 2 is 0.690 bits per heavy atom. The lowest BCUT2D eigenvalue weighted by Crippen LogP contribution is -2.44. The summed E-state index contributed by atoms with van der Waals surface area (Å²) in [5, 5.41) is 25.7. The van der Waals surface area contributed by atoms with E-state index < -0.39 is 11.2 Å². The summed E-state index contributed by atoms with van der Waals surface area (Å²) in [4.78, 5) is 0. The third kappa shape index (κ3) is 4.29. The summed E-state index contributed by atoms with van der Waals surface area (Å²) in [6.07, 6.45) is 0. The Morgan fingerprint density at radius 3 is 1.05 bits per heavy atom. The van der Waals surface area contributed by atoms with Gasteiger partial charge in [-0.3, -0.25) is 0 Å². The zero-order valence-corrected chi connectivity index (χ0v) is 25.7. The molecule has 6 aromatic rings. The van der Waals surface area contributed by atoms with Crippen molar-refractivity contribution < 1.29 is 10.2 Å². The van der Waals surface area contributed by atoms with Gasteiger partial charge in [-0.25, -0.2) is 0 Å². The van der Waals surface area contributed by atoms with Gasteiger partial charge in [-0.05, 0) is 68.8 Å². The predicted molar refractivity (Wildman–Crippen MR) is 176 cm³/mol. The van der Waals surface area contributed by atoms with Crippen LogP contribution in [0.15, 0.2) is 155 Å². The van der Waals surface area contributed by atoms with Crippen LogP contribution in [-0.4, -0.2) is 10.2 Å². The first-order valence-corrected chi connectivity index (χ1v) is 15.4. The number of aliphatic hydroxyl groups is 2. The van der Waals surface area contributed by atoms with Gasteiger partial charge in [0, 0.05) is 20.1 Å². The highest BCUT2D eigenvalue weighted by molar-refractivity contribution is 9.10. The van der Waals surface area contributed by atoms with Gasteiger partial charge in [-0.1, -0.05) is 153 Å². The average Bonchev–Trinajstić information content (AvgIpc) is 3.04. The minimum atomic E-state index is -1.50. The average molecular weight is 674 g/mol. The molecule has 204 valence electrons. The van der Waals surface area contributed by atoms with Crippen LogP contribution in [0.25, 0.3) is 22.3 Å². The maximum atomic E-state index is 12.8. The normalized spacial score (nSPS) is 19.1. The van der Waals surface area contributed by atoms with Crippen LogP contribution < -0.4 is 0 Å². The highest BCUT2D eigenvalue weighted by atomic mass is 79.9. The molecule has 2 unspecified atom stereocenters. The van der Waals surface area contributed by atoms with Crippen molar-refractivity contribution in [1.82, 2.24) is 0 Å². The van der Waals surface area contributed by atoms with Crippen LogP contribution >= 0.6 is 31.9 Å². The van der Waals surface area contributed by atoms with E-state index in [1.54, 1.807) is 0 Å². The summed E-state index contributed by atoms with van der Waals surface area (Å²) in [6, 6.07) is 48.0. The molecule has 2 nitrogen and oxygen atoms in total. The number of benzene rings is 6. The van der Waals surface area contributed by atoms with E-state index in [-0.39, 0.29) is 0 Å². The van der Waals surface area contributed by atoms with Crippen molar-refractivity contribution in [2.75, 3.05) is 0 Å². The van der Waals surface area contributed by atoms with Crippen molar-refractivity contribution in [1.29, 1.82) is 0 Å². The van der Waals surface area contributed by atoms with Crippen LogP contribution in [-0.2, 0) is 11.2 Å². The van der Waals surface area contributed by atoms with Crippen LogP contribution in [0.4, 0.5) is 0 Å². The molecular formula is C38H26Br2O2. The molecule has 2 N–H and O–H groups in total. The first kappa shape index (κ1) is 27.1. The second-order valence-electron chi connectivity index (χ2n) is 10.7. The molecule has 0 aromatic heterocycles. The Hall–Kier alpha value is -3.80. The van der Waals surface area contributed by atoms with E-state index in [4.69, 9.17) is 0 Å². The van der Waals surface area contributed by atoms with Gasteiger partial charge in [0.1, 0.15) is 11.2 Å². The molecule has 0 saturated carbocycles. The lowest BCUT2D eigenvalue weighted by atomic mass is 9.63. The summed E-state index contributed by atoms with van der Waals surface area (Å²) in [5.74, 6) is 0. The molecule has 6 aromatic carbocycles. The van der Waals surface area contributed by atoms with Gasteiger partial charge in [0.2, 0.25) is 0 Å². The Balaban J connectivity index is 1.43. The third-order valence-corrected chi connectivity index (χ3v) is 9.33. The van der Waals surface area contributed by atoms with Gasteiger partial charge in [-0.2, -0.15) is 0 Å². The second kappa shape index (κ2) is 10.5. The first-order valence-electron chi connectivity index (χ1n) is 13.8. The van der Waals surface area contributed by atoms with Gasteiger partial charge >= 0.3 is 0 Å². The summed E-state index contributed by atoms with van der Waals surface area (Å²) in [5.41, 5.74) is 5.36. The molecule has 4 heteroatoms. The fraction of sp³-hybridized carbons (Fsp3) is 0.0526. The van der Waals surface area contributed by atoms with Crippen LogP contribution in [0.5, 0.6) is 0 Å². The van der Waals surface area contributed by atoms with Crippen molar-refractivity contribution in [3.63, 3.8) is 0 Å². The standard InChI is InChI=1S/C38H26Br2O2/c39-31-20-22-34-35(23-31)37(41,29-15-11-27(12-16-29)25-7-3-1-4-8-25)33-21-19-32(40)24-36(33)38(34,42)30-17-13-28(14-18-30)26-9-5-2-6-10-26/h1-24,41-42H. The molecule has 0 radical (unpaired) electrons. The molecular weight excluding hydrogens is 648 g/mol. The van der Waals surface area contributed by atoms with Crippen molar-refractivity contribution in [2.24, 2.45) is 0 Å². The summed E-state index contributed by atoms with van der Waals surface area (Å²) < 4.78 is 1.64. The number of rotatable bonds is 4. The molecule has 0 amide bonds. The maximum absolute atomic E-state index is 12.8. The van der Waals surface area contributed by atoms with Crippen LogP contribution in [0.1, 0.15) is 33.4 Å². The number of hydrogen-bond acceptors (Lipinski definition) is 2. The lowest BCUT2D eigenvalue weighted by Gasteiger charge is -2.45. The number of halogens is 2. The summed E-state index contributed by atoms with van der Waals surface area (Å²) in [7, 11) is 0. The van der Waals surface area contributed by atoms with E-state index in [1.165, 1.54) is 0 Å². The number of fused-ring (bicyclic) bond motifs is 2. The van der Waals surface area contributed by atoms with Gasteiger partial charge in [-0.15, -0.1) is 0 Å². The van der Waals surface area contributed by atoms with E-state index in [0.717, 1.165) is 42.3 Å². The van der Waals surface area contributed by atoms with Gasteiger partial charge < -0.3 is 10.2 Å². The highest BCUT2D eigenvalue weighted by Crippen LogP contribution is 2.54. The van der Waals surface area contributed by atoms with Gasteiger partial charge in [0.15, 0.2) is 0 Å². The Bertz CT molecular complexity index is 1760. The van der Waals surface area contributed by atoms with E-state index >= 15 is 0 Å². The smallest absolute Gasteiger partial charge is 0.141 e. The van der Waals surface area contributed by atoms with E-state index in [0.29, 0.717) is 22.3 Å². The van der Waals surface area contributed by atoms with Crippen molar-refractivity contribution >= 4 is 31.9 Å². The molecule has 7 rings (SSSR count). The van der Waals surface area contributed by atoms with Crippen molar-refractivity contribution in [3.8, 4) is 22.3 Å². The van der Waals surface area contributed by atoms with Crippen molar-refractivity contribution in [2.45, 2.75) is 11.2 Å². The zero-order chi connectivity index (χ0) is 28.9. The summed E-state index contributed by atoms with van der Waals surface area (Å²) >= 11 is 7.27. The topological polar surface area (TPSA) is 40.5 Å². The van der Waals surface area contributed by atoms with E-state index in [1.807, 2.05) is 121 Å². The molecule has 0 bridgehead atoms. The summed E-state index contributed by atoms with van der Waals surface area (Å²) in [6.45, 7) is 0. The molecule has 0 aliphatic heterocycles. The quantitative estimate of drug-likeness (QED) is 0.196. The molecule has 0 saturated heterocycles. The minimum absolute atomic E-state index is 0.633. The van der Waals surface area contributed by atoms with E-state index in [9.17, 15) is 10.2 Å². The first-order chi connectivity index (χ1) is 20.4. The Morgan fingerprint density at radius 1 is 0.357 bits per heavy atom. The van der Waals surface area contributed by atoms with Crippen LogP contribution in [0.2, 0.25) is 0 Å². The largest absolute Gasteiger partial charge is 0.376 e. The highest BCUT2D eigenvalue weighted by Gasteiger charge is 2.51. The molecule has 2 atom stereocenters. The predicted octanol–water partition coefficient (Wildman–Crippen LogP) is 9.43. The Labute approximate surface area is 262 Å². The maximum Gasteiger partial charge on any atom is 0.141 e. The number of hydrogen-bond donors (Lipinski definition) is 2. The second-order valence-corrected chi connectivity index (χ2v) is 12.5. The fourth-order valence-corrected chi connectivity index (χ4v) is 6.97. The van der Waals surface area contributed by atoms with E-state index in [2.05, 4.69) is 56.1 Å². The molecule has 0 spiro atoms.